The van der Waals surface area contributed by atoms with Crippen molar-refractivity contribution in [1.29, 1.82) is 0 Å². The molecular weight excluding hydrogens is 204 g/mol. The van der Waals surface area contributed by atoms with Crippen LogP contribution >= 0.6 is 0 Å². The highest BCUT2D eigenvalue weighted by atomic mass is 14.2. The van der Waals surface area contributed by atoms with Gasteiger partial charge < -0.3 is 0 Å². The summed E-state index contributed by atoms with van der Waals surface area (Å²) in [5.41, 5.74) is 1.59. The van der Waals surface area contributed by atoms with Gasteiger partial charge in [-0.3, -0.25) is 0 Å². The highest BCUT2D eigenvalue weighted by Crippen LogP contribution is 2.27. The average Bonchev–Trinajstić information content (AvgIpc) is 2.28. The highest BCUT2D eigenvalue weighted by Gasteiger charge is 2.13. The maximum Gasteiger partial charge on any atom is -0.0320 e. The van der Waals surface area contributed by atoms with Gasteiger partial charge in [-0.1, -0.05) is 65.5 Å². The van der Waals surface area contributed by atoms with Gasteiger partial charge in [-0.15, -0.1) is 0 Å². The molecule has 0 amide bonds. The van der Waals surface area contributed by atoms with E-state index in [-0.39, 0.29) is 7.43 Å². The Bertz CT molecular complexity index is 196. The molecule has 2 aliphatic carbocycles. The van der Waals surface area contributed by atoms with Crippen LogP contribution in [0.15, 0.2) is 11.6 Å². The summed E-state index contributed by atoms with van der Waals surface area (Å²) < 4.78 is 0. The van der Waals surface area contributed by atoms with Crippen LogP contribution in [0.1, 0.15) is 80.1 Å². The fourth-order valence-electron chi connectivity index (χ4n) is 2.52. The zero-order chi connectivity index (χ0) is 12.0. The minimum Gasteiger partial charge on any atom is -0.0853 e. The number of allylic oxidation sites excluding steroid dienone is 2. The van der Waals surface area contributed by atoms with E-state index in [1.165, 1.54) is 44.9 Å². The summed E-state index contributed by atoms with van der Waals surface area (Å²) >= 11 is 0. The third-order valence-electron chi connectivity index (χ3n) is 4.20. The summed E-state index contributed by atoms with van der Waals surface area (Å²) in [5, 5.41) is 0. The molecule has 102 valence electrons. The van der Waals surface area contributed by atoms with E-state index in [4.69, 9.17) is 0 Å². The van der Waals surface area contributed by atoms with Crippen LogP contribution in [-0.4, -0.2) is 0 Å². The van der Waals surface area contributed by atoms with Crippen LogP contribution in [0.4, 0.5) is 0 Å². The molecule has 2 rings (SSSR count). The van der Waals surface area contributed by atoms with E-state index in [0.717, 1.165) is 17.8 Å². The molecule has 0 nitrogen and oxygen atoms in total. The van der Waals surface area contributed by atoms with Gasteiger partial charge in [0.25, 0.3) is 0 Å². The van der Waals surface area contributed by atoms with E-state index in [0.29, 0.717) is 0 Å². The summed E-state index contributed by atoms with van der Waals surface area (Å²) in [5.74, 6) is 2.98. The zero-order valence-electron chi connectivity index (χ0n) is 11.8. The first-order chi connectivity index (χ1) is 7.58. The molecule has 0 heteroatoms. The first-order valence-electron chi connectivity index (χ1n) is 7.23. The van der Waals surface area contributed by atoms with Gasteiger partial charge in [0, 0.05) is 0 Å². The lowest BCUT2D eigenvalue weighted by molar-refractivity contribution is 0.308. The molecule has 1 saturated carbocycles. The summed E-state index contributed by atoms with van der Waals surface area (Å²) in [4.78, 5) is 0. The van der Waals surface area contributed by atoms with Crippen LogP contribution in [0.3, 0.4) is 0 Å². The van der Waals surface area contributed by atoms with Gasteiger partial charge in [-0.05, 0) is 43.9 Å². The van der Waals surface area contributed by atoms with E-state index in [1.807, 2.05) is 0 Å². The second-order valence-corrected chi connectivity index (χ2v) is 6.30. The molecule has 0 aromatic heterocycles. The van der Waals surface area contributed by atoms with Crippen molar-refractivity contribution in [2.75, 3.05) is 0 Å². The lowest BCUT2D eigenvalue weighted by Gasteiger charge is -2.22. The van der Waals surface area contributed by atoms with Crippen LogP contribution in [0.2, 0.25) is 0 Å². The molecule has 2 aliphatic rings. The second-order valence-electron chi connectivity index (χ2n) is 6.30. The molecular formula is C17H34. The normalized spacial score (nSPS) is 32.7. The molecule has 0 N–H and O–H groups in total. The fourth-order valence-corrected chi connectivity index (χ4v) is 2.52. The fraction of sp³-hybridized carbons (Fsp3) is 0.882. The van der Waals surface area contributed by atoms with E-state index in [1.54, 1.807) is 5.57 Å². The van der Waals surface area contributed by atoms with Crippen molar-refractivity contribution in [2.45, 2.75) is 80.1 Å². The van der Waals surface area contributed by atoms with Gasteiger partial charge in [-0.25, -0.2) is 0 Å². The third kappa shape index (κ3) is 7.63. The summed E-state index contributed by atoms with van der Waals surface area (Å²) in [7, 11) is 0. The highest BCUT2D eigenvalue weighted by molar-refractivity contribution is 5.01. The Kier molecular flexibility index (Phi) is 8.64. The van der Waals surface area contributed by atoms with Gasteiger partial charge in [0.2, 0.25) is 0 Å². The predicted octanol–water partition coefficient (Wildman–Crippen LogP) is 6.22. The quantitative estimate of drug-likeness (QED) is 0.439. The first-order valence-corrected chi connectivity index (χ1v) is 7.23. The molecule has 0 aliphatic heterocycles. The molecule has 0 radical (unpaired) electrons. The minimum absolute atomic E-state index is 0. The topological polar surface area (TPSA) is 0 Å². The molecule has 0 heterocycles. The molecule has 0 aromatic carbocycles. The Labute approximate surface area is 110 Å². The van der Waals surface area contributed by atoms with Crippen molar-refractivity contribution in [3.8, 4) is 0 Å². The Morgan fingerprint density at radius 1 is 0.824 bits per heavy atom. The van der Waals surface area contributed by atoms with Crippen LogP contribution < -0.4 is 0 Å². The van der Waals surface area contributed by atoms with Gasteiger partial charge in [-0.2, -0.15) is 0 Å². The van der Waals surface area contributed by atoms with Crippen molar-refractivity contribution in [3.05, 3.63) is 11.6 Å². The Morgan fingerprint density at radius 3 is 1.59 bits per heavy atom. The van der Waals surface area contributed by atoms with Crippen LogP contribution in [-0.2, 0) is 0 Å². The Hall–Kier alpha value is -0.260. The number of hydrogen-bond acceptors (Lipinski definition) is 0. The smallest absolute Gasteiger partial charge is 0.0320 e. The monoisotopic (exact) mass is 238 g/mol. The average molecular weight is 238 g/mol. The summed E-state index contributed by atoms with van der Waals surface area (Å²) in [6.45, 7) is 9.28. The lowest BCUT2D eigenvalue weighted by Crippen LogP contribution is -2.08. The first kappa shape index (κ1) is 16.7. The molecule has 1 atom stereocenters. The van der Waals surface area contributed by atoms with Gasteiger partial charge in [0.1, 0.15) is 0 Å². The molecule has 0 spiro atoms. The summed E-state index contributed by atoms with van der Waals surface area (Å²) in [6.07, 6.45) is 12.3. The number of hydrogen-bond donors (Lipinski definition) is 0. The van der Waals surface area contributed by atoms with Gasteiger partial charge in [0.05, 0.1) is 0 Å². The molecule has 1 unspecified atom stereocenters. The molecule has 0 saturated heterocycles. The maximum atomic E-state index is 2.37. The molecule has 0 bridgehead atoms. The predicted molar refractivity (Wildman–Crippen MR) is 80.3 cm³/mol. The third-order valence-corrected chi connectivity index (χ3v) is 4.20. The largest absolute Gasteiger partial charge is 0.0853 e. The standard InChI is InChI=1S/C8H16.C8H14.CH4/c2*1-7-3-5-8(2)6-4-7;/h7-8H,3-6H2,1-2H3;3,8H,4-6H2,1-2H3;1H4. The van der Waals surface area contributed by atoms with E-state index in [9.17, 15) is 0 Å². The Balaban J connectivity index is 0.000000284. The van der Waals surface area contributed by atoms with E-state index < -0.39 is 0 Å². The van der Waals surface area contributed by atoms with Crippen molar-refractivity contribution in [2.24, 2.45) is 17.8 Å². The molecule has 1 fully saturated rings. The minimum atomic E-state index is 0. The Morgan fingerprint density at radius 2 is 1.29 bits per heavy atom. The lowest BCUT2D eigenvalue weighted by atomic mass is 9.84. The molecule has 17 heavy (non-hydrogen) atoms. The zero-order valence-corrected chi connectivity index (χ0v) is 11.8. The van der Waals surface area contributed by atoms with Crippen molar-refractivity contribution >= 4 is 0 Å². The van der Waals surface area contributed by atoms with Crippen LogP contribution in [0.5, 0.6) is 0 Å². The summed E-state index contributed by atoms with van der Waals surface area (Å²) in [6, 6.07) is 0. The second kappa shape index (κ2) is 8.78. The van der Waals surface area contributed by atoms with Crippen molar-refractivity contribution in [1.82, 2.24) is 0 Å². The number of rotatable bonds is 0. The van der Waals surface area contributed by atoms with Crippen molar-refractivity contribution in [3.63, 3.8) is 0 Å². The van der Waals surface area contributed by atoms with Crippen LogP contribution in [0.25, 0.3) is 0 Å². The van der Waals surface area contributed by atoms with E-state index in [2.05, 4.69) is 33.8 Å². The van der Waals surface area contributed by atoms with Crippen LogP contribution in [0, 0.1) is 17.8 Å². The van der Waals surface area contributed by atoms with E-state index >= 15 is 0 Å². The van der Waals surface area contributed by atoms with Gasteiger partial charge >= 0.3 is 0 Å². The van der Waals surface area contributed by atoms with Crippen molar-refractivity contribution < 1.29 is 0 Å². The van der Waals surface area contributed by atoms with Gasteiger partial charge in [0.15, 0.2) is 0 Å². The SMILES string of the molecule is C.CC1=CCC(C)CC1.CC1CCC(C)CC1. The molecule has 0 aromatic rings. The maximum absolute atomic E-state index is 2.37.